The zero-order chi connectivity index (χ0) is 9.66. The van der Waals surface area contributed by atoms with E-state index in [1.807, 2.05) is 11.8 Å². The largest absolute Gasteiger partial charge is 0.381 e. The summed E-state index contributed by atoms with van der Waals surface area (Å²) in [6.45, 7) is 8.28. The molecule has 0 N–H and O–H groups in total. The number of ether oxygens (including phenoxy) is 1. The predicted octanol–water partition coefficient (Wildman–Crippen LogP) is 3.58. The summed E-state index contributed by atoms with van der Waals surface area (Å²) >= 11 is 1.90. The molecule has 0 bridgehead atoms. The predicted molar refractivity (Wildman–Crippen MR) is 60.1 cm³/mol. The van der Waals surface area contributed by atoms with Gasteiger partial charge in [0, 0.05) is 13.2 Å². The van der Waals surface area contributed by atoms with Crippen molar-refractivity contribution in [2.75, 3.05) is 25.2 Å². The zero-order valence-electron chi connectivity index (χ0n) is 9.06. The van der Waals surface area contributed by atoms with Gasteiger partial charge in [-0.1, -0.05) is 20.8 Å². The van der Waals surface area contributed by atoms with E-state index in [9.17, 15) is 0 Å². The molecule has 76 valence electrons. The fraction of sp³-hybridized carbons (Fsp3) is 1.00. The van der Waals surface area contributed by atoms with Crippen molar-refractivity contribution >= 4 is 11.8 Å². The Kier molecular flexibility index (Phi) is 21.5. The van der Waals surface area contributed by atoms with E-state index < -0.39 is 0 Å². The van der Waals surface area contributed by atoms with Gasteiger partial charge in [0.05, 0.1) is 0 Å². The van der Waals surface area contributed by atoms with Gasteiger partial charge in [-0.25, -0.2) is 0 Å². The molecule has 0 rings (SSSR count). The molecule has 0 aliphatic rings. The van der Waals surface area contributed by atoms with Crippen molar-refractivity contribution in [1.29, 1.82) is 0 Å². The first-order valence-electron chi connectivity index (χ1n) is 4.90. The first-order valence-corrected chi connectivity index (χ1v) is 6.29. The lowest BCUT2D eigenvalue weighted by molar-refractivity contribution is 0.135. The minimum Gasteiger partial charge on any atom is -0.381 e. The van der Waals surface area contributed by atoms with Crippen LogP contribution in [0.3, 0.4) is 0 Å². The van der Waals surface area contributed by atoms with Gasteiger partial charge in [0.2, 0.25) is 0 Å². The number of thioether (sulfide) groups is 1. The minimum atomic E-state index is 0.924. The average molecular weight is 192 g/mol. The van der Waals surface area contributed by atoms with E-state index in [1.54, 1.807) is 0 Å². The molecule has 0 aromatic heterocycles. The highest BCUT2D eigenvalue weighted by molar-refractivity contribution is 7.98. The molecule has 0 amide bonds. The third-order valence-electron chi connectivity index (χ3n) is 1.11. The lowest BCUT2D eigenvalue weighted by Crippen LogP contribution is -1.92. The Balaban J connectivity index is 0. The first-order chi connectivity index (χ1) is 5.83. The smallest absolute Gasteiger partial charge is 0.0463 e. The number of rotatable bonds is 6. The topological polar surface area (TPSA) is 9.23 Å². The summed E-state index contributed by atoms with van der Waals surface area (Å²) in [5.41, 5.74) is 0. The molecule has 12 heavy (non-hydrogen) atoms. The highest BCUT2D eigenvalue weighted by atomic mass is 32.2. The summed E-state index contributed by atoms with van der Waals surface area (Å²) in [7, 11) is 0. The fourth-order valence-electron chi connectivity index (χ4n) is 0.595. The summed E-state index contributed by atoms with van der Waals surface area (Å²) in [5, 5.41) is 0. The Morgan fingerprint density at radius 1 is 0.917 bits per heavy atom. The van der Waals surface area contributed by atoms with Gasteiger partial charge in [-0.05, 0) is 31.3 Å². The lowest BCUT2D eigenvalue weighted by Gasteiger charge is -1.95. The van der Waals surface area contributed by atoms with Crippen LogP contribution in [0.15, 0.2) is 0 Å². The Labute approximate surface area is 82.3 Å². The second kappa shape index (κ2) is 17.4. The van der Waals surface area contributed by atoms with Crippen LogP contribution < -0.4 is 0 Å². The van der Waals surface area contributed by atoms with Gasteiger partial charge < -0.3 is 4.74 Å². The molecule has 0 fully saturated rings. The maximum absolute atomic E-state index is 5.13. The van der Waals surface area contributed by atoms with Crippen molar-refractivity contribution in [2.45, 2.75) is 40.0 Å². The molecular weight excluding hydrogens is 168 g/mol. The number of hydrogen-bond donors (Lipinski definition) is 0. The standard InChI is InChI=1S/C6H14O.C4H10S/c1-3-5-7-6-4-2;1-3-4-5-2/h3-6H2,1-2H3;3-4H2,1-2H3. The van der Waals surface area contributed by atoms with Gasteiger partial charge in [0.25, 0.3) is 0 Å². The lowest BCUT2D eigenvalue weighted by atomic mass is 10.5. The monoisotopic (exact) mass is 192 g/mol. The molecule has 0 aliphatic heterocycles. The van der Waals surface area contributed by atoms with Crippen LogP contribution >= 0.6 is 11.8 Å². The van der Waals surface area contributed by atoms with E-state index in [-0.39, 0.29) is 0 Å². The summed E-state index contributed by atoms with van der Waals surface area (Å²) in [6.07, 6.45) is 5.71. The third-order valence-corrected chi connectivity index (χ3v) is 1.92. The SMILES string of the molecule is CCCOCCC.CCCSC. The van der Waals surface area contributed by atoms with E-state index in [0.29, 0.717) is 0 Å². The van der Waals surface area contributed by atoms with E-state index in [1.165, 1.54) is 12.2 Å². The van der Waals surface area contributed by atoms with E-state index in [0.717, 1.165) is 26.1 Å². The van der Waals surface area contributed by atoms with Crippen molar-refractivity contribution < 1.29 is 4.74 Å². The van der Waals surface area contributed by atoms with Gasteiger partial charge in [-0.3, -0.25) is 0 Å². The van der Waals surface area contributed by atoms with Gasteiger partial charge >= 0.3 is 0 Å². The van der Waals surface area contributed by atoms with Gasteiger partial charge in [0.1, 0.15) is 0 Å². The Morgan fingerprint density at radius 2 is 1.42 bits per heavy atom. The second-order valence-corrected chi connectivity index (χ2v) is 3.59. The van der Waals surface area contributed by atoms with E-state index >= 15 is 0 Å². The fourth-order valence-corrected chi connectivity index (χ4v) is 1.00. The van der Waals surface area contributed by atoms with Crippen LogP contribution in [-0.4, -0.2) is 25.2 Å². The van der Waals surface area contributed by atoms with Crippen LogP contribution in [0.2, 0.25) is 0 Å². The maximum atomic E-state index is 5.13. The molecule has 0 aromatic rings. The van der Waals surface area contributed by atoms with Crippen LogP contribution in [-0.2, 0) is 4.74 Å². The summed E-state index contributed by atoms with van der Waals surface area (Å²) in [5.74, 6) is 1.31. The molecule has 0 spiro atoms. The molecule has 0 radical (unpaired) electrons. The van der Waals surface area contributed by atoms with Gasteiger partial charge in [-0.15, -0.1) is 0 Å². The van der Waals surface area contributed by atoms with Crippen LogP contribution in [0.1, 0.15) is 40.0 Å². The zero-order valence-corrected chi connectivity index (χ0v) is 9.88. The molecular formula is C10H24OS. The first kappa shape index (κ1) is 14.8. The second-order valence-electron chi connectivity index (χ2n) is 2.61. The molecule has 1 nitrogen and oxygen atoms in total. The molecule has 0 atom stereocenters. The number of hydrogen-bond acceptors (Lipinski definition) is 2. The molecule has 0 heterocycles. The van der Waals surface area contributed by atoms with Crippen LogP contribution in [0.4, 0.5) is 0 Å². The highest BCUT2D eigenvalue weighted by Gasteiger charge is 1.77. The summed E-state index contributed by atoms with van der Waals surface area (Å²) in [4.78, 5) is 0. The molecule has 2 heteroatoms. The van der Waals surface area contributed by atoms with E-state index in [2.05, 4.69) is 27.0 Å². The molecule has 0 saturated carbocycles. The molecule has 0 aromatic carbocycles. The van der Waals surface area contributed by atoms with Crippen molar-refractivity contribution in [2.24, 2.45) is 0 Å². The van der Waals surface area contributed by atoms with Gasteiger partial charge in [0.15, 0.2) is 0 Å². The quantitative estimate of drug-likeness (QED) is 0.595. The highest BCUT2D eigenvalue weighted by Crippen LogP contribution is 1.91. The minimum absolute atomic E-state index is 0.924. The van der Waals surface area contributed by atoms with Crippen molar-refractivity contribution in [3.8, 4) is 0 Å². The molecule has 0 aliphatic carbocycles. The Hall–Kier alpha value is 0.310. The average Bonchev–Trinajstić information content (AvgIpc) is 2.08. The van der Waals surface area contributed by atoms with E-state index in [4.69, 9.17) is 4.74 Å². The summed E-state index contributed by atoms with van der Waals surface area (Å²) in [6, 6.07) is 0. The Bertz CT molecular complexity index is 51.8. The third kappa shape index (κ3) is 22.4. The Morgan fingerprint density at radius 3 is 1.58 bits per heavy atom. The van der Waals surface area contributed by atoms with Crippen LogP contribution in [0, 0.1) is 0 Å². The van der Waals surface area contributed by atoms with Crippen molar-refractivity contribution in [1.82, 2.24) is 0 Å². The van der Waals surface area contributed by atoms with Crippen LogP contribution in [0.5, 0.6) is 0 Å². The van der Waals surface area contributed by atoms with Crippen LogP contribution in [0.25, 0.3) is 0 Å². The normalized spacial score (nSPS) is 9.00. The van der Waals surface area contributed by atoms with Crippen molar-refractivity contribution in [3.05, 3.63) is 0 Å². The molecule has 0 saturated heterocycles. The van der Waals surface area contributed by atoms with Crippen molar-refractivity contribution in [3.63, 3.8) is 0 Å². The summed E-state index contributed by atoms with van der Waals surface area (Å²) < 4.78 is 5.13. The molecule has 0 unspecified atom stereocenters. The van der Waals surface area contributed by atoms with Gasteiger partial charge in [-0.2, -0.15) is 11.8 Å². The maximum Gasteiger partial charge on any atom is 0.0463 e.